The van der Waals surface area contributed by atoms with E-state index in [4.69, 9.17) is 24.1 Å². The smallest absolute Gasteiger partial charge is 0.325 e. The topological polar surface area (TPSA) is 133 Å². The van der Waals surface area contributed by atoms with Gasteiger partial charge in [-0.1, -0.05) is 73.9 Å². The predicted molar refractivity (Wildman–Crippen MR) is 168 cm³/mol. The third-order valence-corrected chi connectivity index (χ3v) is 5.16. The van der Waals surface area contributed by atoms with Crippen LogP contribution in [0.2, 0.25) is 0 Å². The number of pyridine rings is 1. The molecule has 0 fully saturated rings. The van der Waals surface area contributed by atoms with Gasteiger partial charge in [0.15, 0.2) is 17.2 Å². The summed E-state index contributed by atoms with van der Waals surface area (Å²) in [7, 11) is 1.39. The first kappa shape index (κ1) is 38.1. The second-order valence-electron chi connectivity index (χ2n) is 8.70. The van der Waals surface area contributed by atoms with Gasteiger partial charge in [-0.15, -0.1) is 13.2 Å². The van der Waals surface area contributed by atoms with Crippen LogP contribution in [-0.4, -0.2) is 54.5 Å². The van der Waals surface area contributed by atoms with Crippen molar-refractivity contribution in [3.8, 4) is 17.2 Å². The van der Waals surface area contributed by atoms with Gasteiger partial charge in [0.05, 0.1) is 13.2 Å². The first-order chi connectivity index (χ1) is 20.7. The van der Waals surface area contributed by atoms with Gasteiger partial charge in [0.25, 0.3) is 5.91 Å². The zero-order valence-corrected chi connectivity index (χ0v) is 25.7. The normalized spacial score (nSPS) is 9.98. The number of aromatic hydroxyl groups is 1. The van der Waals surface area contributed by atoms with Crippen LogP contribution >= 0.6 is 0 Å². The van der Waals surface area contributed by atoms with Crippen LogP contribution in [0.5, 0.6) is 17.2 Å². The van der Waals surface area contributed by atoms with E-state index in [-0.39, 0.29) is 31.3 Å². The number of carbonyl (C=O) groups is 3. The van der Waals surface area contributed by atoms with Crippen molar-refractivity contribution >= 4 is 17.8 Å². The van der Waals surface area contributed by atoms with Gasteiger partial charge in [0.2, 0.25) is 6.79 Å². The molecule has 1 heterocycles. The third-order valence-electron chi connectivity index (χ3n) is 5.16. The number of rotatable bonds is 11. The molecular formula is C33H46N2O8. The summed E-state index contributed by atoms with van der Waals surface area (Å²) in [5.41, 5.74) is 1.22. The number of carbonyl (C=O) groups excluding carboxylic acids is 3. The highest BCUT2D eigenvalue weighted by molar-refractivity contribution is 5.97. The molecule has 10 heteroatoms. The number of unbranched alkanes of at least 4 members (excludes halogenated alkanes) is 1. The van der Waals surface area contributed by atoms with Crippen molar-refractivity contribution in [1.82, 2.24) is 10.3 Å². The fourth-order valence-electron chi connectivity index (χ4n) is 3.08. The van der Waals surface area contributed by atoms with Crippen LogP contribution in [0, 0.1) is 6.92 Å². The fourth-order valence-corrected chi connectivity index (χ4v) is 3.08. The number of ether oxygens (including phenoxy) is 4. The van der Waals surface area contributed by atoms with Crippen molar-refractivity contribution < 1.29 is 39.9 Å². The Balaban J connectivity index is 0. The maximum Gasteiger partial charge on any atom is 0.325 e. The summed E-state index contributed by atoms with van der Waals surface area (Å²) < 4.78 is 20.4. The average Bonchev–Trinajstić information content (AvgIpc) is 3.01. The number of hydrogen-bond acceptors (Lipinski definition) is 9. The molecule has 0 radical (unpaired) electrons. The summed E-state index contributed by atoms with van der Waals surface area (Å²) in [6, 6.07) is 20.5. The van der Waals surface area contributed by atoms with Crippen molar-refractivity contribution in [1.29, 1.82) is 0 Å². The molecule has 0 bridgehead atoms. The highest BCUT2D eigenvalue weighted by Gasteiger charge is 2.20. The quantitative estimate of drug-likeness (QED) is 0.149. The Hall–Kier alpha value is -4.86. The van der Waals surface area contributed by atoms with E-state index >= 15 is 0 Å². The Bertz CT molecular complexity index is 1160. The molecule has 1 atom stereocenters. The molecule has 236 valence electrons. The lowest BCUT2D eigenvalue weighted by Gasteiger charge is -2.15. The Morgan fingerprint density at radius 2 is 1.63 bits per heavy atom. The van der Waals surface area contributed by atoms with E-state index in [2.05, 4.69) is 49.4 Å². The third kappa shape index (κ3) is 18.2. The number of nitrogens with one attached hydrogen (secondary N) is 1. The highest BCUT2D eigenvalue weighted by Crippen LogP contribution is 2.29. The zero-order chi connectivity index (χ0) is 32.5. The lowest BCUT2D eigenvalue weighted by atomic mass is 10.2. The van der Waals surface area contributed by atoms with Gasteiger partial charge in [0, 0.05) is 20.6 Å². The number of hydrogen-bond donors (Lipinski definition) is 2. The first-order valence-electron chi connectivity index (χ1n) is 13.7. The summed E-state index contributed by atoms with van der Waals surface area (Å²) in [6.45, 7) is 12.5. The summed E-state index contributed by atoms with van der Waals surface area (Å²) >= 11 is 0. The molecule has 0 aliphatic rings. The Kier molecular flexibility index (Phi) is 21.1. The van der Waals surface area contributed by atoms with Crippen LogP contribution in [0.15, 0.2) is 86.1 Å². The van der Waals surface area contributed by atoms with Crippen LogP contribution in [0.4, 0.5) is 0 Å². The summed E-state index contributed by atoms with van der Waals surface area (Å²) in [5.74, 6) is -1.17. The molecule has 0 unspecified atom stereocenters. The SMILES string of the molecule is C=C.CCCC[C@H](C)OC(=O)CNC(=O)c1nccc(OC)c1OCOC(C)=O.Cc1ccccc1.Oc1ccccc1.[HH]. The first-order valence-corrected chi connectivity index (χ1v) is 13.7. The number of aromatic nitrogens is 1. The summed E-state index contributed by atoms with van der Waals surface area (Å²) in [4.78, 5) is 39.0. The molecule has 2 aromatic carbocycles. The van der Waals surface area contributed by atoms with E-state index in [1.807, 2.05) is 24.3 Å². The number of phenolic OH excluding ortho intramolecular Hbond substituents is 1. The minimum Gasteiger partial charge on any atom is -0.508 e. The van der Waals surface area contributed by atoms with Crippen LogP contribution in [-0.2, 0) is 19.1 Å². The van der Waals surface area contributed by atoms with E-state index in [1.54, 1.807) is 31.2 Å². The maximum atomic E-state index is 12.4. The molecule has 0 aliphatic heterocycles. The van der Waals surface area contributed by atoms with Crippen molar-refractivity contribution in [2.45, 2.75) is 53.1 Å². The van der Waals surface area contributed by atoms with Gasteiger partial charge >= 0.3 is 11.9 Å². The molecule has 0 aliphatic carbocycles. The molecule has 0 saturated heterocycles. The molecule has 1 amide bonds. The Morgan fingerprint density at radius 1 is 1.02 bits per heavy atom. The van der Waals surface area contributed by atoms with E-state index in [9.17, 15) is 14.4 Å². The number of methoxy groups -OCH3 is 1. The van der Waals surface area contributed by atoms with Gasteiger partial charge in [0.1, 0.15) is 12.3 Å². The Morgan fingerprint density at radius 3 is 2.09 bits per heavy atom. The Labute approximate surface area is 256 Å². The second kappa shape index (κ2) is 23.8. The standard InChI is InChI=1S/C18H26N2O7.C7H8.C6H6O.C2H4.H2/c1-5-6-7-12(2)27-15(22)10-20-18(23)16-17(26-11-25-13(3)21)14(24-4)8-9-19-16;1-7-5-3-2-4-6-7;7-6-4-2-1-3-5-6;1-2;/h8-9,12H,5-7,10-11H2,1-4H3,(H,20,23);2-6H,1H3;1-5,7H;1-2H2;1H/t12-;;;;/m0..../s1. The second-order valence-corrected chi connectivity index (χ2v) is 8.70. The summed E-state index contributed by atoms with van der Waals surface area (Å²) in [5, 5.41) is 11.1. The molecule has 0 spiro atoms. The van der Waals surface area contributed by atoms with Gasteiger partial charge < -0.3 is 29.4 Å². The van der Waals surface area contributed by atoms with Crippen molar-refractivity contribution in [3.63, 3.8) is 0 Å². The molecule has 2 N–H and O–H groups in total. The molecular weight excluding hydrogens is 552 g/mol. The zero-order valence-electron chi connectivity index (χ0n) is 25.7. The molecule has 0 saturated carbocycles. The van der Waals surface area contributed by atoms with E-state index in [0.717, 1.165) is 19.3 Å². The van der Waals surface area contributed by atoms with Gasteiger partial charge in [-0.25, -0.2) is 4.98 Å². The minimum absolute atomic E-state index is 0. The van der Waals surface area contributed by atoms with Crippen LogP contribution in [0.25, 0.3) is 0 Å². The van der Waals surface area contributed by atoms with Gasteiger partial charge in [-0.2, -0.15) is 0 Å². The van der Waals surface area contributed by atoms with Crippen molar-refractivity contribution in [3.05, 3.63) is 97.3 Å². The van der Waals surface area contributed by atoms with Gasteiger partial charge in [-0.05, 0) is 32.4 Å². The monoisotopic (exact) mass is 598 g/mol. The molecule has 1 aromatic heterocycles. The number of esters is 2. The molecule has 3 aromatic rings. The van der Waals surface area contributed by atoms with Crippen molar-refractivity contribution in [2.24, 2.45) is 0 Å². The van der Waals surface area contributed by atoms with Crippen LogP contribution in [0.3, 0.4) is 0 Å². The highest BCUT2D eigenvalue weighted by atomic mass is 16.7. The van der Waals surface area contributed by atoms with Crippen LogP contribution < -0.4 is 14.8 Å². The lowest BCUT2D eigenvalue weighted by molar-refractivity contribution is -0.148. The number of benzene rings is 2. The average molecular weight is 599 g/mol. The fraction of sp³-hybridized carbons (Fsp3) is 0.333. The van der Waals surface area contributed by atoms with Crippen molar-refractivity contribution in [2.75, 3.05) is 20.4 Å². The van der Waals surface area contributed by atoms with Crippen LogP contribution in [0.1, 0.15) is 57.5 Å². The molecule has 43 heavy (non-hydrogen) atoms. The number of aryl methyl sites for hydroxylation is 1. The predicted octanol–water partition coefficient (Wildman–Crippen LogP) is 6.28. The number of amides is 1. The molecule has 10 nitrogen and oxygen atoms in total. The van der Waals surface area contributed by atoms with E-state index in [0.29, 0.717) is 5.75 Å². The van der Waals surface area contributed by atoms with E-state index < -0.39 is 24.6 Å². The lowest BCUT2D eigenvalue weighted by Crippen LogP contribution is -2.33. The minimum atomic E-state index is -0.648. The maximum absolute atomic E-state index is 12.4. The van der Waals surface area contributed by atoms with E-state index in [1.165, 1.54) is 31.9 Å². The number of nitrogens with zero attached hydrogens (tertiary/aromatic N) is 1. The summed E-state index contributed by atoms with van der Waals surface area (Å²) in [6.07, 6.45) is 3.87. The largest absolute Gasteiger partial charge is 0.508 e. The number of phenols is 1. The van der Waals surface area contributed by atoms with Gasteiger partial charge in [-0.3, -0.25) is 14.4 Å². The number of para-hydroxylation sites is 1. The molecule has 3 rings (SSSR count).